The molecule has 0 saturated heterocycles. The van der Waals surface area contributed by atoms with Gasteiger partial charge in [-0.1, -0.05) is 74.4 Å². The molecule has 0 saturated carbocycles. The molecule has 0 aromatic heterocycles. The van der Waals surface area contributed by atoms with Crippen molar-refractivity contribution >= 4 is 0 Å². The molecule has 23 heavy (non-hydrogen) atoms. The molecule has 0 N–H and O–H groups in total. The van der Waals surface area contributed by atoms with Crippen molar-refractivity contribution in [2.24, 2.45) is 17.3 Å². The molecule has 1 aromatic carbocycles. The lowest BCUT2D eigenvalue weighted by Crippen LogP contribution is -2.49. The maximum Gasteiger partial charge on any atom is 0.0761 e. The lowest BCUT2D eigenvalue weighted by molar-refractivity contribution is -0.0566. The molecular weight excluding hydrogens is 280 g/mol. The first-order valence-electron chi connectivity index (χ1n) is 8.88. The molecule has 0 aliphatic heterocycles. The number of allylic oxidation sites excluding steroid dienone is 2. The fourth-order valence-electron chi connectivity index (χ4n) is 4.60. The molecule has 124 valence electrons. The zero-order chi connectivity index (χ0) is 16.7. The molecule has 2 bridgehead atoms. The van der Waals surface area contributed by atoms with Gasteiger partial charge >= 0.3 is 0 Å². The van der Waals surface area contributed by atoms with Crippen LogP contribution in [0, 0.1) is 17.3 Å². The first-order chi connectivity index (χ1) is 10.9. The Bertz CT molecular complexity index is 625. The van der Waals surface area contributed by atoms with E-state index in [4.69, 9.17) is 4.74 Å². The molecular formula is C22H30O. The molecule has 3 atom stereocenters. The van der Waals surface area contributed by atoms with E-state index in [9.17, 15) is 0 Å². The van der Waals surface area contributed by atoms with Crippen molar-refractivity contribution in [3.63, 3.8) is 0 Å². The second kappa shape index (κ2) is 5.94. The zero-order valence-electron chi connectivity index (χ0n) is 15.2. The van der Waals surface area contributed by atoms with Crippen molar-refractivity contribution in [2.45, 2.75) is 52.6 Å². The van der Waals surface area contributed by atoms with Gasteiger partial charge in [-0.25, -0.2) is 0 Å². The molecule has 3 aliphatic rings. The highest BCUT2D eigenvalue weighted by Crippen LogP contribution is 2.56. The van der Waals surface area contributed by atoms with E-state index in [-0.39, 0.29) is 11.0 Å². The van der Waals surface area contributed by atoms with Crippen LogP contribution in [0.3, 0.4) is 0 Å². The molecule has 0 spiro atoms. The van der Waals surface area contributed by atoms with Gasteiger partial charge in [-0.2, -0.15) is 0 Å². The Morgan fingerprint density at radius 1 is 1.17 bits per heavy atom. The van der Waals surface area contributed by atoms with E-state index < -0.39 is 0 Å². The Morgan fingerprint density at radius 3 is 2.43 bits per heavy atom. The minimum atomic E-state index is -0.0753. The fraction of sp³-hybridized carbons (Fsp3) is 0.545. The molecule has 1 aromatic rings. The van der Waals surface area contributed by atoms with Crippen molar-refractivity contribution in [2.75, 3.05) is 7.11 Å². The second-order valence-corrected chi connectivity index (χ2v) is 8.26. The van der Waals surface area contributed by atoms with Gasteiger partial charge in [-0.05, 0) is 37.7 Å². The number of fused-ring (bicyclic) bond motifs is 1. The van der Waals surface area contributed by atoms with Crippen LogP contribution in [0.1, 0.15) is 46.1 Å². The Morgan fingerprint density at radius 2 is 1.87 bits per heavy atom. The van der Waals surface area contributed by atoms with E-state index in [2.05, 4.69) is 70.2 Å². The summed E-state index contributed by atoms with van der Waals surface area (Å²) in [6, 6.07) is 10.8. The predicted octanol–water partition coefficient (Wildman–Crippen LogP) is 5.57. The average Bonchev–Trinajstić information content (AvgIpc) is 2.49. The van der Waals surface area contributed by atoms with Crippen molar-refractivity contribution in [3.8, 4) is 0 Å². The SMILES string of the molecule is COC1(C)CC2(C)C=C(Cc3ccccc3)C1C=C2CC(C)C. The third kappa shape index (κ3) is 3.04. The van der Waals surface area contributed by atoms with Gasteiger partial charge in [-0.15, -0.1) is 0 Å². The van der Waals surface area contributed by atoms with E-state index >= 15 is 0 Å². The van der Waals surface area contributed by atoms with Crippen molar-refractivity contribution < 1.29 is 4.74 Å². The molecule has 3 unspecified atom stereocenters. The predicted molar refractivity (Wildman–Crippen MR) is 97.4 cm³/mol. The normalized spacial score (nSPS) is 32.9. The van der Waals surface area contributed by atoms with E-state index in [1.54, 1.807) is 5.57 Å². The summed E-state index contributed by atoms with van der Waals surface area (Å²) in [5.74, 6) is 1.11. The van der Waals surface area contributed by atoms with Crippen LogP contribution < -0.4 is 0 Å². The van der Waals surface area contributed by atoms with E-state index in [1.165, 1.54) is 17.6 Å². The third-order valence-electron chi connectivity index (χ3n) is 5.73. The first-order valence-corrected chi connectivity index (χ1v) is 8.88. The van der Waals surface area contributed by atoms with Gasteiger partial charge in [0.25, 0.3) is 0 Å². The largest absolute Gasteiger partial charge is 0.378 e. The maximum absolute atomic E-state index is 6.01. The summed E-state index contributed by atoms with van der Waals surface area (Å²) in [7, 11) is 1.88. The number of hydrogen-bond donors (Lipinski definition) is 0. The smallest absolute Gasteiger partial charge is 0.0761 e. The molecule has 1 nitrogen and oxygen atoms in total. The summed E-state index contributed by atoms with van der Waals surface area (Å²) >= 11 is 0. The molecule has 0 amide bonds. The van der Waals surface area contributed by atoms with E-state index in [0.29, 0.717) is 11.8 Å². The number of methoxy groups -OCH3 is 1. The van der Waals surface area contributed by atoms with E-state index in [1.807, 2.05) is 7.11 Å². The Labute approximate surface area is 141 Å². The highest BCUT2D eigenvalue weighted by atomic mass is 16.5. The molecule has 0 fully saturated rings. The standard InChI is InChI=1S/C22H30O/c1-16(2)11-19-13-20-18(12-17-9-7-6-8-10-17)14-21(19,3)15-22(20,4)23-5/h6-10,13-14,16,20H,11-12,15H2,1-5H3. The van der Waals surface area contributed by atoms with Crippen LogP contribution in [0.4, 0.5) is 0 Å². The van der Waals surface area contributed by atoms with Crippen LogP contribution in [0.25, 0.3) is 0 Å². The average molecular weight is 310 g/mol. The topological polar surface area (TPSA) is 9.23 Å². The van der Waals surface area contributed by atoms with Crippen LogP contribution in [0.2, 0.25) is 0 Å². The number of hydrogen-bond acceptors (Lipinski definition) is 1. The molecule has 1 heteroatoms. The molecule has 0 heterocycles. The second-order valence-electron chi connectivity index (χ2n) is 8.26. The van der Waals surface area contributed by atoms with Gasteiger partial charge in [-0.3, -0.25) is 0 Å². The van der Waals surface area contributed by atoms with Crippen LogP contribution in [0.5, 0.6) is 0 Å². The summed E-state index contributed by atoms with van der Waals surface area (Å²) < 4.78 is 6.01. The van der Waals surface area contributed by atoms with Crippen molar-refractivity contribution in [1.29, 1.82) is 0 Å². The van der Waals surface area contributed by atoms with Crippen LogP contribution in [-0.2, 0) is 11.2 Å². The summed E-state index contributed by atoms with van der Waals surface area (Å²) in [6.45, 7) is 9.32. The Hall–Kier alpha value is -1.34. The highest BCUT2D eigenvalue weighted by molar-refractivity contribution is 5.43. The van der Waals surface area contributed by atoms with E-state index in [0.717, 1.165) is 12.8 Å². The van der Waals surface area contributed by atoms with Gasteiger partial charge < -0.3 is 4.74 Å². The Kier molecular flexibility index (Phi) is 4.27. The molecule has 4 rings (SSSR count). The van der Waals surface area contributed by atoms with Gasteiger partial charge in [0, 0.05) is 18.4 Å². The number of benzene rings is 1. The number of ether oxygens (including phenoxy) is 1. The zero-order valence-corrected chi connectivity index (χ0v) is 15.2. The number of rotatable bonds is 5. The summed E-state index contributed by atoms with van der Waals surface area (Å²) in [5.41, 5.74) is 4.61. The fourth-order valence-corrected chi connectivity index (χ4v) is 4.60. The van der Waals surface area contributed by atoms with Crippen molar-refractivity contribution in [1.82, 2.24) is 0 Å². The maximum atomic E-state index is 6.01. The lowest BCUT2D eigenvalue weighted by atomic mass is 9.55. The Balaban J connectivity index is 1.95. The first kappa shape index (κ1) is 16.5. The van der Waals surface area contributed by atoms with Crippen LogP contribution in [0.15, 0.2) is 53.6 Å². The third-order valence-corrected chi connectivity index (χ3v) is 5.73. The monoisotopic (exact) mass is 310 g/mol. The van der Waals surface area contributed by atoms with Crippen LogP contribution >= 0.6 is 0 Å². The van der Waals surface area contributed by atoms with Gasteiger partial charge in [0.2, 0.25) is 0 Å². The highest BCUT2D eigenvalue weighted by Gasteiger charge is 2.50. The van der Waals surface area contributed by atoms with Gasteiger partial charge in [0.1, 0.15) is 0 Å². The van der Waals surface area contributed by atoms with Gasteiger partial charge in [0.05, 0.1) is 5.60 Å². The minimum Gasteiger partial charge on any atom is -0.378 e. The summed E-state index contributed by atoms with van der Waals surface area (Å²) in [4.78, 5) is 0. The summed E-state index contributed by atoms with van der Waals surface area (Å²) in [5, 5.41) is 0. The van der Waals surface area contributed by atoms with Crippen LogP contribution in [-0.4, -0.2) is 12.7 Å². The van der Waals surface area contributed by atoms with Gasteiger partial charge in [0.15, 0.2) is 0 Å². The van der Waals surface area contributed by atoms with Crippen molar-refractivity contribution in [3.05, 3.63) is 59.2 Å². The lowest BCUT2D eigenvalue weighted by Gasteiger charge is -2.53. The summed E-state index contributed by atoms with van der Waals surface area (Å²) in [6.07, 6.45) is 8.42. The molecule has 3 aliphatic carbocycles. The molecule has 0 radical (unpaired) electrons. The minimum absolute atomic E-state index is 0.0753. The quantitative estimate of drug-likeness (QED) is 0.646.